The van der Waals surface area contributed by atoms with Gasteiger partial charge >= 0.3 is 5.97 Å². The molecule has 0 saturated heterocycles. The molecule has 0 N–H and O–H groups in total. The third-order valence-corrected chi connectivity index (χ3v) is 4.00. The monoisotopic (exact) mass is 280 g/mol. The van der Waals surface area contributed by atoms with E-state index >= 15 is 0 Å². The first kappa shape index (κ1) is 17.3. The highest BCUT2D eigenvalue weighted by Crippen LogP contribution is 2.16. The standard InChI is InChI=1S/C18H32O2/c1-2-3-11-14-17-15-12-9-7-5-4-6-8-10-13-16-18(19)20-17/h7,9,17H,2-6,8,10-16H2,1H3/b9-7+/t17-/m0/s1. The normalized spacial score (nSPS) is 24.6. The molecule has 2 nitrogen and oxygen atoms in total. The van der Waals surface area contributed by atoms with E-state index in [0.717, 1.165) is 25.7 Å². The van der Waals surface area contributed by atoms with Crippen molar-refractivity contribution in [3.8, 4) is 0 Å². The molecule has 1 aliphatic rings. The van der Waals surface area contributed by atoms with Crippen molar-refractivity contribution in [2.75, 3.05) is 0 Å². The first-order valence-corrected chi connectivity index (χ1v) is 8.67. The summed E-state index contributed by atoms with van der Waals surface area (Å²) in [6, 6.07) is 0. The molecule has 1 aliphatic heterocycles. The Bertz CT molecular complexity index is 271. The molecule has 0 bridgehead atoms. The first-order chi connectivity index (χ1) is 9.83. The summed E-state index contributed by atoms with van der Waals surface area (Å²) in [5.74, 6) is 0.0209. The topological polar surface area (TPSA) is 26.3 Å². The molecule has 116 valence electrons. The van der Waals surface area contributed by atoms with Gasteiger partial charge in [0.2, 0.25) is 0 Å². The van der Waals surface area contributed by atoms with Crippen LogP contribution < -0.4 is 0 Å². The zero-order valence-electron chi connectivity index (χ0n) is 13.2. The van der Waals surface area contributed by atoms with Gasteiger partial charge < -0.3 is 4.74 Å². The summed E-state index contributed by atoms with van der Waals surface area (Å²) in [5, 5.41) is 0. The third-order valence-electron chi connectivity index (χ3n) is 4.00. The number of carbonyl (C=O) groups excluding carboxylic acids is 1. The summed E-state index contributed by atoms with van der Waals surface area (Å²) in [4.78, 5) is 11.9. The van der Waals surface area contributed by atoms with Crippen LogP contribution in [0.3, 0.4) is 0 Å². The van der Waals surface area contributed by atoms with Gasteiger partial charge in [-0.15, -0.1) is 0 Å². The number of hydrogen-bond acceptors (Lipinski definition) is 2. The second-order valence-electron chi connectivity index (χ2n) is 5.96. The van der Waals surface area contributed by atoms with Gasteiger partial charge in [-0.1, -0.05) is 51.2 Å². The summed E-state index contributed by atoms with van der Waals surface area (Å²) in [7, 11) is 0. The van der Waals surface area contributed by atoms with E-state index in [1.54, 1.807) is 0 Å². The molecule has 2 heteroatoms. The molecule has 0 fully saturated rings. The van der Waals surface area contributed by atoms with Crippen molar-refractivity contribution in [3.05, 3.63) is 12.2 Å². The predicted octanol–water partition coefficient (Wildman–Crippen LogP) is 5.56. The molecular weight excluding hydrogens is 248 g/mol. The van der Waals surface area contributed by atoms with Crippen LogP contribution >= 0.6 is 0 Å². The smallest absolute Gasteiger partial charge is 0.306 e. The Hall–Kier alpha value is -0.790. The minimum Gasteiger partial charge on any atom is -0.462 e. The SMILES string of the molecule is CCCCC[C@H]1CC/C=C/CCCCCCCC(=O)O1. The van der Waals surface area contributed by atoms with E-state index in [9.17, 15) is 4.79 Å². The average Bonchev–Trinajstić information content (AvgIpc) is 2.44. The van der Waals surface area contributed by atoms with E-state index in [1.165, 1.54) is 51.4 Å². The lowest BCUT2D eigenvalue weighted by Gasteiger charge is -2.17. The van der Waals surface area contributed by atoms with Crippen LogP contribution in [-0.4, -0.2) is 12.1 Å². The van der Waals surface area contributed by atoms with Gasteiger partial charge in [0.25, 0.3) is 0 Å². The van der Waals surface area contributed by atoms with Crippen molar-refractivity contribution in [1.82, 2.24) is 0 Å². The highest BCUT2D eigenvalue weighted by Gasteiger charge is 2.13. The lowest BCUT2D eigenvalue weighted by atomic mass is 10.0. The molecule has 0 radical (unpaired) electrons. The van der Waals surface area contributed by atoms with Gasteiger partial charge in [-0.25, -0.2) is 0 Å². The number of unbranched alkanes of at least 4 members (excludes halogenated alkanes) is 2. The van der Waals surface area contributed by atoms with Gasteiger partial charge in [-0.05, 0) is 44.9 Å². The number of rotatable bonds is 4. The summed E-state index contributed by atoms with van der Waals surface area (Å²) >= 11 is 0. The van der Waals surface area contributed by atoms with Crippen LogP contribution in [0.4, 0.5) is 0 Å². The number of allylic oxidation sites excluding steroid dienone is 2. The van der Waals surface area contributed by atoms with Crippen LogP contribution in [0.2, 0.25) is 0 Å². The fraction of sp³-hybridized carbons (Fsp3) is 0.833. The Morgan fingerprint density at radius 3 is 2.65 bits per heavy atom. The molecule has 0 aromatic rings. The molecular formula is C18H32O2. The third kappa shape index (κ3) is 9.17. The van der Waals surface area contributed by atoms with E-state index in [0.29, 0.717) is 6.42 Å². The second-order valence-corrected chi connectivity index (χ2v) is 5.96. The molecule has 1 atom stereocenters. The molecule has 0 aromatic heterocycles. The Kier molecular flexibility index (Phi) is 10.3. The van der Waals surface area contributed by atoms with Gasteiger partial charge in [-0.3, -0.25) is 4.79 Å². The Labute approximate surface area is 125 Å². The first-order valence-electron chi connectivity index (χ1n) is 8.67. The van der Waals surface area contributed by atoms with Gasteiger partial charge in [0.05, 0.1) is 0 Å². The van der Waals surface area contributed by atoms with E-state index in [4.69, 9.17) is 4.74 Å². The largest absolute Gasteiger partial charge is 0.462 e. The minimum absolute atomic E-state index is 0.0209. The molecule has 20 heavy (non-hydrogen) atoms. The molecule has 0 spiro atoms. The number of esters is 1. The maximum atomic E-state index is 11.9. The Balaban J connectivity index is 2.40. The minimum atomic E-state index is 0.0209. The fourth-order valence-corrected chi connectivity index (χ4v) is 2.71. The van der Waals surface area contributed by atoms with Crippen LogP contribution in [0.5, 0.6) is 0 Å². The van der Waals surface area contributed by atoms with Gasteiger partial charge in [0.1, 0.15) is 6.10 Å². The zero-order chi connectivity index (χ0) is 14.5. The molecule has 0 aliphatic carbocycles. The molecule has 1 rings (SSSR count). The van der Waals surface area contributed by atoms with Crippen molar-refractivity contribution in [2.24, 2.45) is 0 Å². The quantitative estimate of drug-likeness (QED) is 0.383. The van der Waals surface area contributed by atoms with E-state index in [-0.39, 0.29) is 12.1 Å². The number of hydrogen-bond donors (Lipinski definition) is 0. The van der Waals surface area contributed by atoms with E-state index < -0.39 is 0 Å². The van der Waals surface area contributed by atoms with Crippen LogP contribution in [0.1, 0.15) is 90.4 Å². The Morgan fingerprint density at radius 1 is 1.05 bits per heavy atom. The number of cyclic esters (lactones) is 1. The number of carbonyl (C=O) groups is 1. The van der Waals surface area contributed by atoms with Crippen LogP contribution in [-0.2, 0) is 9.53 Å². The van der Waals surface area contributed by atoms with Gasteiger partial charge in [-0.2, -0.15) is 0 Å². The summed E-state index contributed by atoms with van der Waals surface area (Å²) in [6.07, 6.45) is 19.2. The second kappa shape index (κ2) is 12.0. The summed E-state index contributed by atoms with van der Waals surface area (Å²) in [6.45, 7) is 2.21. The molecule has 0 saturated carbocycles. The molecule has 1 heterocycles. The highest BCUT2D eigenvalue weighted by atomic mass is 16.5. The van der Waals surface area contributed by atoms with Crippen LogP contribution in [0, 0.1) is 0 Å². The molecule has 0 unspecified atom stereocenters. The van der Waals surface area contributed by atoms with Crippen molar-refractivity contribution in [1.29, 1.82) is 0 Å². The fourth-order valence-electron chi connectivity index (χ4n) is 2.71. The summed E-state index contributed by atoms with van der Waals surface area (Å²) in [5.41, 5.74) is 0. The van der Waals surface area contributed by atoms with Crippen LogP contribution in [0.25, 0.3) is 0 Å². The molecule has 0 amide bonds. The maximum Gasteiger partial charge on any atom is 0.306 e. The molecule has 0 aromatic carbocycles. The zero-order valence-corrected chi connectivity index (χ0v) is 13.2. The number of ether oxygens (including phenoxy) is 1. The van der Waals surface area contributed by atoms with Crippen molar-refractivity contribution < 1.29 is 9.53 Å². The van der Waals surface area contributed by atoms with Gasteiger partial charge in [0, 0.05) is 6.42 Å². The van der Waals surface area contributed by atoms with Crippen molar-refractivity contribution in [2.45, 2.75) is 96.5 Å². The lowest BCUT2D eigenvalue weighted by molar-refractivity contribution is -0.149. The van der Waals surface area contributed by atoms with E-state index in [2.05, 4.69) is 19.1 Å². The Morgan fingerprint density at radius 2 is 1.80 bits per heavy atom. The van der Waals surface area contributed by atoms with Crippen molar-refractivity contribution in [3.63, 3.8) is 0 Å². The average molecular weight is 280 g/mol. The van der Waals surface area contributed by atoms with E-state index in [1.807, 2.05) is 0 Å². The van der Waals surface area contributed by atoms with Gasteiger partial charge in [0.15, 0.2) is 0 Å². The lowest BCUT2D eigenvalue weighted by Crippen LogP contribution is -2.18. The predicted molar refractivity (Wildman–Crippen MR) is 84.7 cm³/mol. The van der Waals surface area contributed by atoms with Crippen molar-refractivity contribution >= 4 is 5.97 Å². The highest BCUT2D eigenvalue weighted by molar-refractivity contribution is 5.69. The maximum absolute atomic E-state index is 11.9. The summed E-state index contributed by atoms with van der Waals surface area (Å²) < 4.78 is 5.67. The van der Waals surface area contributed by atoms with Crippen LogP contribution in [0.15, 0.2) is 12.2 Å².